The maximum atomic E-state index is 13.0. The summed E-state index contributed by atoms with van der Waals surface area (Å²) >= 11 is 0. The third kappa shape index (κ3) is 3.65. The van der Waals surface area contributed by atoms with Gasteiger partial charge in [0, 0.05) is 0 Å². The van der Waals surface area contributed by atoms with Crippen LogP contribution in [0.25, 0.3) is 0 Å². The van der Waals surface area contributed by atoms with Crippen molar-refractivity contribution >= 4 is 0 Å². The van der Waals surface area contributed by atoms with Crippen molar-refractivity contribution in [3.05, 3.63) is 35.1 Å². The molecular weight excluding hydrogens is 187 g/mol. The van der Waals surface area contributed by atoms with Crippen LogP contribution in [0, 0.1) is 12.7 Å². The van der Waals surface area contributed by atoms with E-state index in [9.17, 15) is 4.39 Å². The van der Waals surface area contributed by atoms with Gasteiger partial charge in [-0.05, 0) is 42.0 Å². The van der Waals surface area contributed by atoms with E-state index in [0.717, 1.165) is 12.0 Å². The Morgan fingerprint density at radius 2 is 1.73 bits per heavy atom. The molecule has 0 N–H and O–H groups in total. The molecule has 0 spiro atoms. The van der Waals surface area contributed by atoms with E-state index in [4.69, 9.17) is 0 Å². The predicted molar refractivity (Wildman–Crippen MR) is 65.8 cm³/mol. The Morgan fingerprint density at radius 3 is 2.20 bits per heavy atom. The number of hydrogen-bond acceptors (Lipinski definition) is 0. The number of halogens is 1. The molecule has 0 aliphatic rings. The molecule has 1 heteroatoms. The molecule has 0 unspecified atom stereocenters. The van der Waals surface area contributed by atoms with Gasteiger partial charge in [0.2, 0.25) is 0 Å². The monoisotopic (exact) mass is 210 g/mol. The molecule has 0 saturated carbocycles. The van der Waals surface area contributed by atoms with Crippen molar-refractivity contribution < 1.29 is 4.39 Å². The van der Waals surface area contributed by atoms with Crippen molar-refractivity contribution in [3.8, 4) is 0 Å². The normalized spacial score (nSPS) is 10.6. The number of benzene rings is 1. The van der Waals surface area contributed by atoms with E-state index in [0.29, 0.717) is 0 Å². The molecule has 0 nitrogen and oxygen atoms in total. The molecule has 0 aromatic heterocycles. The predicted octanol–water partition coefficient (Wildman–Crippen LogP) is 4.85. The Balaban J connectivity index is 0.000000921. The summed E-state index contributed by atoms with van der Waals surface area (Å²) < 4.78 is 13.0. The van der Waals surface area contributed by atoms with E-state index in [1.165, 1.54) is 11.6 Å². The van der Waals surface area contributed by atoms with Crippen molar-refractivity contribution in [1.82, 2.24) is 0 Å². The Morgan fingerprint density at radius 1 is 1.20 bits per heavy atom. The van der Waals surface area contributed by atoms with E-state index in [1.807, 2.05) is 26.8 Å². The Bertz CT molecular complexity index is 300. The lowest BCUT2D eigenvalue weighted by Crippen LogP contribution is -2.17. The van der Waals surface area contributed by atoms with Gasteiger partial charge in [0.1, 0.15) is 5.82 Å². The maximum absolute atomic E-state index is 13.0. The van der Waals surface area contributed by atoms with Crippen LogP contribution >= 0.6 is 0 Å². The van der Waals surface area contributed by atoms with Gasteiger partial charge in [-0.2, -0.15) is 0 Å². The van der Waals surface area contributed by atoms with Crippen LogP contribution in [0.2, 0.25) is 0 Å². The van der Waals surface area contributed by atoms with Gasteiger partial charge in [-0.3, -0.25) is 0 Å². The van der Waals surface area contributed by atoms with Crippen LogP contribution in [-0.4, -0.2) is 0 Å². The first-order valence-corrected chi connectivity index (χ1v) is 5.74. The van der Waals surface area contributed by atoms with Gasteiger partial charge in [0.25, 0.3) is 0 Å². The highest BCUT2D eigenvalue weighted by Gasteiger charge is 2.20. The van der Waals surface area contributed by atoms with Crippen molar-refractivity contribution in [2.75, 3.05) is 0 Å². The fraction of sp³-hybridized carbons (Fsp3) is 0.571. The molecule has 1 aromatic carbocycles. The van der Waals surface area contributed by atoms with Gasteiger partial charge in [-0.15, -0.1) is 0 Å². The average Bonchev–Trinajstić information content (AvgIpc) is 2.24. The minimum Gasteiger partial charge on any atom is -0.207 e. The molecule has 15 heavy (non-hydrogen) atoms. The van der Waals surface area contributed by atoms with Crippen molar-refractivity contribution in [2.24, 2.45) is 0 Å². The first kappa shape index (κ1) is 14.2. The lowest BCUT2D eigenvalue weighted by Gasteiger charge is -2.25. The lowest BCUT2D eigenvalue weighted by atomic mass is 9.80. The van der Waals surface area contributed by atoms with Crippen molar-refractivity contribution in [1.29, 1.82) is 0 Å². The second kappa shape index (κ2) is 5.89. The van der Waals surface area contributed by atoms with Crippen LogP contribution in [0.5, 0.6) is 0 Å². The highest BCUT2D eigenvalue weighted by atomic mass is 19.1. The third-order valence-electron chi connectivity index (χ3n) is 2.81. The lowest BCUT2D eigenvalue weighted by molar-refractivity contribution is 0.497. The van der Waals surface area contributed by atoms with Crippen LogP contribution in [-0.2, 0) is 5.41 Å². The molecular formula is C14H23F. The van der Waals surface area contributed by atoms with Gasteiger partial charge in [0.05, 0.1) is 0 Å². The Hall–Kier alpha value is -0.850. The molecule has 1 aromatic rings. The van der Waals surface area contributed by atoms with Crippen LogP contribution in [0.1, 0.15) is 52.2 Å². The minimum atomic E-state index is -0.137. The number of hydrogen-bond donors (Lipinski definition) is 0. The summed E-state index contributed by atoms with van der Waals surface area (Å²) in [6, 6.07) is 5.02. The summed E-state index contributed by atoms with van der Waals surface area (Å²) in [5.41, 5.74) is 2.37. The quantitative estimate of drug-likeness (QED) is 0.654. The van der Waals surface area contributed by atoms with Crippen LogP contribution in [0.4, 0.5) is 4.39 Å². The first-order chi connectivity index (χ1) is 6.97. The second-order valence-corrected chi connectivity index (χ2v) is 4.20. The maximum Gasteiger partial charge on any atom is 0.123 e. The number of rotatable bonds is 2. The minimum absolute atomic E-state index is 0.0756. The van der Waals surface area contributed by atoms with Crippen LogP contribution < -0.4 is 0 Å². The molecule has 0 atom stereocenters. The average molecular weight is 210 g/mol. The molecule has 1 rings (SSSR count). The molecule has 0 aliphatic carbocycles. The van der Waals surface area contributed by atoms with E-state index in [2.05, 4.69) is 20.8 Å². The number of aryl methyl sites for hydroxylation is 1. The van der Waals surface area contributed by atoms with E-state index >= 15 is 0 Å². The zero-order chi connectivity index (χ0) is 12.1. The molecule has 0 heterocycles. The summed E-state index contributed by atoms with van der Waals surface area (Å²) in [5.74, 6) is -0.137. The molecule has 0 radical (unpaired) electrons. The van der Waals surface area contributed by atoms with Crippen LogP contribution in [0.3, 0.4) is 0 Å². The van der Waals surface area contributed by atoms with Crippen molar-refractivity contribution in [2.45, 2.75) is 53.4 Å². The summed E-state index contributed by atoms with van der Waals surface area (Å²) in [6.45, 7) is 12.5. The summed E-state index contributed by atoms with van der Waals surface area (Å²) in [4.78, 5) is 0. The molecule has 86 valence electrons. The third-order valence-corrected chi connectivity index (χ3v) is 2.81. The summed E-state index contributed by atoms with van der Waals surface area (Å²) in [6.07, 6.45) is 1.03. The summed E-state index contributed by atoms with van der Waals surface area (Å²) in [5, 5.41) is 0. The molecule has 0 saturated heterocycles. The fourth-order valence-electron chi connectivity index (χ4n) is 1.51. The highest BCUT2D eigenvalue weighted by Crippen LogP contribution is 2.29. The van der Waals surface area contributed by atoms with E-state index in [-0.39, 0.29) is 11.2 Å². The standard InChI is InChI=1S/C12H17F.C2H6/c1-5-12(3,4)11-8-10(13)7-6-9(11)2;1-2/h6-8H,5H2,1-4H3;1-2H3. The Kier molecular flexibility index (Phi) is 5.56. The van der Waals surface area contributed by atoms with Gasteiger partial charge < -0.3 is 0 Å². The largest absolute Gasteiger partial charge is 0.207 e. The highest BCUT2D eigenvalue weighted by molar-refractivity contribution is 5.32. The topological polar surface area (TPSA) is 0 Å². The first-order valence-electron chi connectivity index (χ1n) is 5.74. The van der Waals surface area contributed by atoms with Gasteiger partial charge in [-0.1, -0.05) is 40.7 Å². The van der Waals surface area contributed by atoms with Gasteiger partial charge in [-0.25, -0.2) is 4.39 Å². The second-order valence-electron chi connectivity index (χ2n) is 4.20. The van der Waals surface area contributed by atoms with E-state index in [1.54, 1.807) is 6.07 Å². The molecule has 0 amide bonds. The zero-order valence-corrected chi connectivity index (χ0v) is 10.8. The van der Waals surface area contributed by atoms with Gasteiger partial charge in [0.15, 0.2) is 0 Å². The summed E-state index contributed by atoms with van der Waals surface area (Å²) in [7, 11) is 0. The molecule has 0 fully saturated rings. The van der Waals surface area contributed by atoms with Crippen molar-refractivity contribution in [3.63, 3.8) is 0 Å². The van der Waals surface area contributed by atoms with Gasteiger partial charge >= 0.3 is 0 Å². The zero-order valence-electron chi connectivity index (χ0n) is 10.8. The fourth-order valence-corrected chi connectivity index (χ4v) is 1.51. The van der Waals surface area contributed by atoms with E-state index < -0.39 is 0 Å². The SMILES string of the molecule is CC.CCC(C)(C)c1cc(F)ccc1C. The smallest absolute Gasteiger partial charge is 0.123 e. The Labute approximate surface area is 93.5 Å². The van der Waals surface area contributed by atoms with Crippen LogP contribution in [0.15, 0.2) is 18.2 Å². The molecule has 0 bridgehead atoms. The molecule has 0 aliphatic heterocycles.